The van der Waals surface area contributed by atoms with E-state index in [2.05, 4.69) is 39.8 Å². The molecule has 1 fully saturated rings. The molecule has 8 nitrogen and oxygen atoms in total. The topological polar surface area (TPSA) is 91.0 Å². The van der Waals surface area contributed by atoms with Gasteiger partial charge in [-0.1, -0.05) is 18.2 Å². The van der Waals surface area contributed by atoms with Gasteiger partial charge < -0.3 is 19.9 Å². The Hall–Kier alpha value is -4.17. The van der Waals surface area contributed by atoms with Crippen molar-refractivity contribution in [3.8, 4) is 0 Å². The van der Waals surface area contributed by atoms with Crippen LogP contribution in [0.2, 0.25) is 0 Å². The van der Waals surface area contributed by atoms with Crippen LogP contribution in [0.25, 0.3) is 0 Å². The average molecular weight is 513 g/mol. The number of hydrogen-bond acceptors (Lipinski definition) is 6. The lowest BCUT2D eigenvalue weighted by atomic mass is 9.90. The van der Waals surface area contributed by atoms with E-state index in [9.17, 15) is 14.4 Å². The third-order valence-corrected chi connectivity index (χ3v) is 7.13. The zero-order valence-corrected chi connectivity index (χ0v) is 21.6. The fraction of sp³-hybridized carbons (Fsp3) is 0.300. The van der Waals surface area contributed by atoms with Crippen LogP contribution in [0, 0.1) is 0 Å². The molecule has 2 atom stereocenters. The monoisotopic (exact) mass is 512 g/mol. The highest BCUT2D eigenvalue weighted by molar-refractivity contribution is 6.10. The minimum absolute atomic E-state index is 0.0236. The molecule has 1 saturated heterocycles. The van der Waals surface area contributed by atoms with Gasteiger partial charge in [0.05, 0.1) is 19.3 Å². The van der Waals surface area contributed by atoms with E-state index in [1.165, 1.54) is 0 Å². The second-order valence-corrected chi connectivity index (χ2v) is 9.74. The Morgan fingerprint density at radius 3 is 2.24 bits per heavy atom. The Morgan fingerprint density at radius 2 is 1.55 bits per heavy atom. The molecule has 0 radical (unpaired) electrons. The van der Waals surface area contributed by atoms with Crippen LogP contribution in [0.5, 0.6) is 0 Å². The highest BCUT2D eigenvalue weighted by atomic mass is 16.5. The lowest BCUT2D eigenvalue weighted by Crippen LogP contribution is -2.43. The fourth-order valence-corrected chi connectivity index (χ4v) is 5.25. The molecule has 0 bridgehead atoms. The third-order valence-electron chi connectivity index (χ3n) is 7.13. The van der Waals surface area contributed by atoms with Crippen LogP contribution < -0.4 is 20.4 Å². The number of rotatable bonds is 5. The summed E-state index contributed by atoms with van der Waals surface area (Å²) in [6, 6.07) is 22.0. The minimum Gasteiger partial charge on any atom is -0.378 e. The van der Waals surface area contributed by atoms with Gasteiger partial charge in [-0.15, -0.1) is 0 Å². The van der Waals surface area contributed by atoms with Gasteiger partial charge in [-0.25, -0.2) is 0 Å². The lowest BCUT2D eigenvalue weighted by molar-refractivity contribution is -0.117. The second-order valence-electron chi connectivity index (χ2n) is 9.74. The molecule has 5 rings (SSSR count). The number of carbonyl (C=O) groups excluding carboxylic acids is 3. The van der Waals surface area contributed by atoms with Crippen molar-refractivity contribution in [3.63, 3.8) is 0 Å². The SMILES string of the molecule is CC(=O)N1c2ccc(C(=O)NC(=O)c3ccccc3)cc2C(Nc2ccc(N3CCOCC3)cc2)CC1C. The van der Waals surface area contributed by atoms with E-state index >= 15 is 0 Å². The Balaban J connectivity index is 1.39. The summed E-state index contributed by atoms with van der Waals surface area (Å²) in [4.78, 5) is 42.1. The van der Waals surface area contributed by atoms with Gasteiger partial charge in [-0.2, -0.15) is 0 Å². The van der Waals surface area contributed by atoms with Crippen molar-refractivity contribution in [2.45, 2.75) is 32.4 Å². The molecule has 2 aliphatic rings. The average Bonchev–Trinajstić information content (AvgIpc) is 2.94. The van der Waals surface area contributed by atoms with Crippen molar-refractivity contribution in [2.75, 3.05) is 41.4 Å². The normalized spacial score (nSPS) is 18.9. The first-order chi connectivity index (χ1) is 18.4. The molecule has 0 aromatic heterocycles. The zero-order valence-electron chi connectivity index (χ0n) is 21.6. The number of benzene rings is 3. The Kier molecular flexibility index (Phi) is 7.42. The summed E-state index contributed by atoms with van der Waals surface area (Å²) in [7, 11) is 0. The molecule has 2 N–H and O–H groups in total. The predicted octanol–water partition coefficient (Wildman–Crippen LogP) is 4.39. The number of nitrogens with zero attached hydrogens (tertiary/aromatic N) is 2. The van der Waals surface area contributed by atoms with Crippen LogP contribution in [0.3, 0.4) is 0 Å². The van der Waals surface area contributed by atoms with E-state index in [1.807, 2.05) is 13.0 Å². The molecule has 3 amide bonds. The Morgan fingerprint density at radius 1 is 0.868 bits per heavy atom. The summed E-state index contributed by atoms with van der Waals surface area (Å²) in [6.07, 6.45) is 0.672. The van der Waals surface area contributed by atoms with Crippen LogP contribution in [-0.2, 0) is 9.53 Å². The first kappa shape index (κ1) is 25.5. The van der Waals surface area contributed by atoms with E-state index in [-0.39, 0.29) is 18.0 Å². The molecule has 0 aliphatic carbocycles. The molecule has 0 spiro atoms. The first-order valence-electron chi connectivity index (χ1n) is 12.9. The van der Waals surface area contributed by atoms with Gasteiger partial charge >= 0.3 is 0 Å². The van der Waals surface area contributed by atoms with Crippen molar-refractivity contribution < 1.29 is 19.1 Å². The number of amides is 3. The number of anilines is 3. The standard InChI is InChI=1S/C30H32N4O4/c1-20-18-27(31-24-9-11-25(12-10-24)33-14-16-38-17-15-33)26-19-23(8-13-28(26)34(20)21(2)35)30(37)32-29(36)22-6-4-3-5-7-22/h3-13,19-20,27,31H,14-18H2,1-2H3,(H,32,36,37). The minimum atomic E-state index is -0.483. The maximum Gasteiger partial charge on any atom is 0.258 e. The second kappa shape index (κ2) is 11.1. The molecule has 8 heteroatoms. The summed E-state index contributed by atoms with van der Waals surface area (Å²) in [5.74, 6) is -0.992. The summed E-state index contributed by atoms with van der Waals surface area (Å²) in [6.45, 7) is 6.79. The van der Waals surface area contributed by atoms with Gasteiger partial charge in [0.25, 0.3) is 11.8 Å². The van der Waals surface area contributed by atoms with Crippen molar-refractivity contribution in [1.82, 2.24) is 5.32 Å². The molecular weight excluding hydrogens is 480 g/mol. The van der Waals surface area contributed by atoms with Gasteiger partial charge in [-0.05, 0) is 73.5 Å². The molecule has 2 unspecified atom stereocenters. The van der Waals surface area contributed by atoms with E-state index in [1.54, 1.807) is 54.3 Å². The number of nitrogens with one attached hydrogen (secondary N) is 2. The van der Waals surface area contributed by atoms with Crippen molar-refractivity contribution in [2.24, 2.45) is 0 Å². The maximum absolute atomic E-state index is 13.0. The molecule has 38 heavy (non-hydrogen) atoms. The van der Waals surface area contributed by atoms with Gasteiger partial charge in [-0.3, -0.25) is 19.7 Å². The largest absolute Gasteiger partial charge is 0.378 e. The number of imide groups is 1. The Labute approximate surface area is 222 Å². The quantitative estimate of drug-likeness (QED) is 0.493. The van der Waals surface area contributed by atoms with Gasteiger partial charge in [0.1, 0.15) is 0 Å². The lowest BCUT2D eigenvalue weighted by Gasteiger charge is -2.39. The van der Waals surface area contributed by atoms with Crippen molar-refractivity contribution in [1.29, 1.82) is 0 Å². The van der Waals surface area contributed by atoms with Gasteiger partial charge in [0, 0.05) is 54.2 Å². The smallest absolute Gasteiger partial charge is 0.258 e. The van der Waals surface area contributed by atoms with Crippen LogP contribution in [0.15, 0.2) is 72.8 Å². The molecule has 2 aliphatic heterocycles. The third kappa shape index (κ3) is 5.40. The van der Waals surface area contributed by atoms with Crippen molar-refractivity contribution in [3.05, 3.63) is 89.5 Å². The highest BCUT2D eigenvalue weighted by Crippen LogP contribution is 2.40. The fourth-order valence-electron chi connectivity index (χ4n) is 5.25. The number of ether oxygens (including phenoxy) is 1. The van der Waals surface area contributed by atoms with Gasteiger partial charge in [0.2, 0.25) is 5.91 Å². The molecule has 3 aromatic rings. The van der Waals surface area contributed by atoms with Crippen molar-refractivity contribution >= 4 is 34.8 Å². The Bertz CT molecular complexity index is 1320. The van der Waals surface area contributed by atoms with E-state index in [0.29, 0.717) is 17.5 Å². The maximum atomic E-state index is 13.0. The summed E-state index contributed by atoms with van der Waals surface area (Å²) >= 11 is 0. The molecule has 0 saturated carbocycles. The first-order valence-corrected chi connectivity index (χ1v) is 12.9. The van der Waals surface area contributed by atoms with Crippen LogP contribution in [0.1, 0.15) is 52.6 Å². The number of carbonyl (C=O) groups is 3. The molecule has 3 aromatic carbocycles. The van der Waals surface area contributed by atoms with E-state index < -0.39 is 11.8 Å². The summed E-state index contributed by atoms with van der Waals surface area (Å²) in [5, 5.41) is 6.08. The summed E-state index contributed by atoms with van der Waals surface area (Å²) in [5.41, 5.74) is 4.49. The molecule has 2 heterocycles. The van der Waals surface area contributed by atoms with E-state index in [0.717, 1.165) is 48.9 Å². The number of morpholine rings is 1. The van der Waals surface area contributed by atoms with E-state index in [4.69, 9.17) is 4.74 Å². The predicted molar refractivity (Wildman–Crippen MR) is 148 cm³/mol. The zero-order chi connectivity index (χ0) is 26.6. The van der Waals surface area contributed by atoms with Crippen LogP contribution in [-0.4, -0.2) is 50.1 Å². The van der Waals surface area contributed by atoms with Crippen LogP contribution >= 0.6 is 0 Å². The summed E-state index contributed by atoms with van der Waals surface area (Å²) < 4.78 is 5.46. The number of fused-ring (bicyclic) bond motifs is 1. The molecular formula is C30H32N4O4. The van der Waals surface area contributed by atoms with Gasteiger partial charge in [0.15, 0.2) is 0 Å². The molecule has 196 valence electrons. The highest BCUT2D eigenvalue weighted by Gasteiger charge is 2.33. The van der Waals surface area contributed by atoms with Crippen LogP contribution in [0.4, 0.5) is 17.1 Å². The number of hydrogen-bond donors (Lipinski definition) is 2.